The number of H-pyrrole nitrogens is 1. The Bertz CT molecular complexity index is 717. The van der Waals surface area contributed by atoms with Gasteiger partial charge in [-0.2, -0.15) is 0 Å². The average Bonchev–Trinajstić information content (AvgIpc) is 3.20. The molecule has 1 aliphatic rings. The van der Waals surface area contributed by atoms with Crippen molar-refractivity contribution in [1.82, 2.24) is 14.9 Å². The molecule has 0 aliphatic heterocycles. The number of aromatic amines is 1. The van der Waals surface area contributed by atoms with Crippen LogP contribution in [0.25, 0.3) is 10.2 Å². The minimum Gasteiger partial charge on any atom is -0.395 e. The fourth-order valence-corrected chi connectivity index (χ4v) is 3.46. The van der Waals surface area contributed by atoms with Crippen molar-refractivity contribution in [2.45, 2.75) is 25.8 Å². The number of fused-ring (bicyclic) bond motifs is 1. The van der Waals surface area contributed by atoms with Crippen LogP contribution in [0.5, 0.6) is 0 Å². The van der Waals surface area contributed by atoms with Crippen LogP contribution >= 0.6 is 11.3 Å². The molecule has 0 saturated heterocycles. The maximum Gasteiger partial charge on any atom is 0.264 e. The van der Waals surface area contributed by atoms with E-state index in [1.807, 2.05) is 0 Å². The van der Waals surface area contributed by atoms with Crippen molar-refractivity contribution in [3.8, 4) is 0 Å². The summed E-state index contributed by atoms with van der Waals surface area (Å²) in [4.78, 5) is 33.9. The van der Waals surface area contributed by atoms with E-state index in [2.05, 4.69) is 9.97 Å². The van der Waals surface area contributed by atoms with Crippen LogP contribution in [0.4, 0.5) is 0 Å². The van der Waals surface area contributed by atoms with Crippen LogP contribution in [0.2, 0.25) is 0 Å². The van der Waals surface area contributed by atoms with E-state index in [9.17, 15) is 9.59 Å². The molecule has 20 heavy (non-hydrogen) atoms. The molecule has 0 spiro atoms. The van der Waals surface area contributed by atoms with Crippen molar-refractivity contribution < 1.29 is 9.90 Å². The first-order chi connectivity index (χ1) is 9.63. The molecule has 1 saturated carbocycles. The van der Waals surface area contributed by atoms with Crippen molar-refractivity contribution >= 4 is 27.5 Å². The summed E-state index contributed by atoms with van der Waals surface area (Å²) in [6.07, 6.45) is 3.31. The number of nitrogens with zero attached hydrogens (tertiary/aromatic N) is 2. The molecule has 1 fully saturated rings. The van der Waals surface area contributed by atoms with Crippen LogP contribution in [0.15, 0.2) is 11.1 Å². The first kappa shape index (κ1) is 13.3. The summed E-state index contributed by atoms with van der Waals surface area (Å²) in [5.41, 5.74) is 0.455. The molecule has 2 aromatic heterocycles. The van der Waals surface area contributed by atoms with E-state index >= 15 is 0 Å². The molecule has 0 radical (unpaired) electrons. The molecule has 7 heteroatoms. The van der Waals surface area contributed by atoms with E-state index in [4.69, 9.17) is 5.11 Å². The lowest BCUT2D eigenvalue weighted by Gasteiger charge is -2.20. The number of aliphatic hydroxyl groups excluding tert-OH is 1. The zero-order valence-electron chi connectivity index (χ0n) is 11.0. The van der Waals surface area contributed by atoms with Crippen molar-refractivity contribution in [2.24, 2.45) is 0 Å². The zero-order valence-corrected chi connectivity index (χ0v) is 11.9. The van der Waals surface area contributed by atoms with Gasteiger partial charge in [-0.05, 0) is 25.3 Å². The quantitative estimate of drug-likeness (QED) is 0.876. The van der Waals surface area contributed by atoms with Crippen molar-refractivity contribution in [1.29, 1.82) is 0 Å². The van der Waals surface area contributed by atoms with Gasteiger partial charge < -0.3 is 15.0 Å². The van der Waals surface area contributed by atoms with Gasteiger partial charge in [0.1, 0.15) is 4.83 Å². The number of aromatic nitrogens is 2. The molecule has 0 aromatic carbocycles. The fourth-order valence-electron chi connectivity index (χ4n) is 2.36. The molecule has 0 bridgehead atoms. The summed E-state index contributed by atoms with van der Waals surface area (Å²) in [6, 6.07) is 0.227. The molecule has 6 nitrogen and oxygen atoms in total. The Labute approximate surface area is 119 Å². The number of rotatable bonds is 4. The SMILES string of the molecule is Cc1c(C(=O)N(CCO)C2CC2)sc2nc[nH]c(=O)c12. The monoisotopic (exact) mass is 293 g/mol. The van der Waals surface area contributed by atoms with Crippen LogP contribution in [0.3, 0.4) is 0 Å². The Hall–Kier alpha value is -1.73. The minimum atomic E-state index is -0.220. The lowest BCUT2D eigenvalue weighted by molar-refractivity contribution is 0.0712. The number of carbonyl (C=O) groups is 1. The van der Waals surface area contributed by atoms with Crippen molar-refractivity contribution in [3.63, 3.8) is 0 Å². The van der Waals surface area contributed by atoms with Gasteiger partial charge >= 0.3 is 0 Å². The van der Waals surface area contributed by atoms with Gasteiger partial charge in [-0.25, -0.2) is 4.98 Å². The molecule has 0 atom stereocenters. The number of aliphatic hydroxyl groups is 1. The Morgan fingerprint density at radius 1 is 1.60 bits per heavy atom. The third-order valence-electron chi connectivity index (χ3n) is 3.52. The number of carbonyl (C=O) groups excluding carboxylic acids is 1. The lowest BCUT2D eigenvalue weighted by Crippen LogP contribution is -2.35. The maximum atomic E-state index is 12.6. The highest BCUT2D eigenvalue weighted by molar-refractivity contribution is 7.20. The summed E-state index contributed by atoms with van der Waals surface area (Å²) in [5, 5.41) is 9.59. The van der Waals surface area contributed by atoms with Gasteiger partial charge in [0, 0.05) is 12.6 Å². The summed E-state index contributed by atoms with van der Waals surface area (Å²) in [6.45, 7) is 2.05. The van der Waals surface area contributed by atoms with Gasteiger partial charge in [0.2, 0.25) is 0 Å². The lowest BCUT2D eigenvalue weighted by atomic mass is 10.2. The van der Waals surface area contributed by atoms with Gasteiger partial charge in [-0.3, -0.25) is 9.59 Å². The Morgan fingerprint density at radius 2 is 2.35 bits per heavy atom. The standard InChI is InChI=1S/C13H15N3O3S/c1-7-9-11(18)14-6-15-12(9)20-10(7)13(19)16(4-5-17)8-2-3-8/h6,8,17H,2-5H2,1H3,(H,14,15,18). The molecule has 2 aromatic rings. The smallest absolute Gasteiger partial charge is 0.264 e. The molecule has 2 N–H and O–H groups in total. The second-order valence-electron chi connectivity index (χ2n) is 4.92. The van der Waals surface area contributed by atoms with Gasteiger partial charge in [-0.15, -0.1) is 11.3 Å². The molecule has 1 aliphatic carbocycles. The van der Waals surface area contributed by atoms with Gasteiger partial charge in [0.05, 0.1) is 23.2 Å². The number of hydrogen-bond donors (Lipinski definition) is 2. The van der Waals surface area contributed by atoms with E-state index in [1.54, 1.807) is 11.8 Å². The summed E-state index contributed by atoms with van der Waals surface area (Å²) in [7, 11) is 0. The second kappa shape index (κ2) is 4.99. The highest BCUT2D eigenvalue weighted by Crippen LogP contribution is 2.32. The zero-order chi connectivity index (χ0) is 14.3. The Kier molecular flexibility index (Phi) is 3.31. The summed E-state index contributed by atoms with van der Waals surface area (Å²) in [5.74, 6) is -0.110. The molecule has 2 heterocycles. The van der Waals surface area contributed by atoms with Crippen LogP contribution in [-0.4, -0.2) is 45.1 Å². The van der Waals surface area contributed by atoms with Crippen LogP contribution in [0, 0.1) is 6.92 Å². The highest BCUT2D eigenvalue weighted by Gasteiger charge is 2.34. The molecule has 0 unspecified atom stereocenters. The first-order valence-electron chi connectivity index (χ1n) is 6.52. The minimum absolute atomic E-state index is 0.0506. The van der Waals surface area contributed by atoms with E-state index < -0.39 is 0 Å². The van der Waals surface area contributed by atoms with E-state index in [0.29, 0.717) is 27.2 Å². The van der Waals surface area contributed by atoms with Crippen LogP contribution in [0.1, 0.15) is 28.1 Å². The van der Waals surface area contributed by atoms with Crippen LogP contribution < -0.4 is 5.56 Å². The Morgan fingerprint density at radius 3 is 2.95 bits per heavy atom. The topological polar surface area (TPSA) is 86.3 Å². The van der Waals surface area contributed by atoms with Gasteiger partial charge in [-0.1, -0.05) is 0 Å². The van der Waals surface area contributed by atoms with Crippen molar-refractivity contribution in [2.75, 3.05) is 13.2 Å². The number of thiophene rings is 1. The second-order valence-corrected chi connectivity index (χ2v) is 5.92. The van der Waals surface area contributed by atoms with Gasteiger partial charge in [0.15, 0.2) is 0 Å². The average molecular weight is 293 g/mol. The predicted octanol–water partition coefficient (Wildman–Crippen LogP) is 0.890. The number of aryl methyl sites for hydroxylation is 1. The molecular weight excluding hydrogens is 278 g/mol. The first-order valence-corrected chi connectivity index (χ1v) is 7.33. The van der Waals surface area contributed by atoms with Crippen LogP contribution in [-0.2, 0) is 0 Å². The maximum absolute atomic E-state index is 12.6. The summed E-state index contributed by atoms with van der Waals surface area (Å²) < 4.78 is 0. The third-order valence-corrected chi connectivity index (χ3v) is 4.70. The molecule has 3 rings (SSSR count). The van der Waals surface area contributed by atoms with Gasteiger partial charge in [0.25, 0.3) is 11.5 Å². The Balaban J connectivity index is 2.05. The summed E-state index contributed by atoms with van der Waals surface area (Å²) >= 11 is 1.24. The number of nitrogens with one attached hydrogen (secondary N) is 1. The normalized spacial score (nSPS) is 14.7. The number of hydrogen-bond acceptors (Lipinski definition) is 5. The third kappa shape index (κ3) is 2.12. The fraction of sp³-hybridized carbons (Fsp3) is 0.462. The van der Waals surface area contributed by atoms with E-state index in [1.165, 1.54) is 17.7 Å². The number of amides is 1. The van der Waals surface area contributed by atoms with Crippen molar-refractivity contribution in [3.05, 3.63) is 27.1 Å². The largest absolute Gasteiger partial charge is 0.395 e. The molecular formula is C13H15N3O3S. The molecule has 106 valence electrons. The predicted molar refractivity (Wildman–Crippen MR) is 76.1 cm³/mol. The highest BCUT2D eigenvalue weighted by atomic mass is 32.1. The molecule has 1 amide bonds. The van der Waals surface area contributed by atoms with E-state index in [-0.39, 0.29) is 24.1 Å². The van der Waals surface area contributed by atoms with E-state index in [0.717, 1.165) is 12.8 Å².